The van der Waals surface area contributed by atoms with E-state index < -0.39 is 0 Å². The van der Waals surface area contributed by atoms with Gasteiger partial charge in [-0.15, -0.1) is 0 Å². The van der Waals surface area contributed by atoms with Gasteiger partial charge in [0, 0.05) is 11.5 Å². The monoisotopic (exact) mass is 213 g/mol. The fourth-order valence-electron chi connectivity index (χ4n) is 1.30. The fraction of sp³-hybridized carbons (Fsp3) is 0.250. The lowest BCUT2D eigenvalue weighted by Gasteiger charge is -1.94. The molecule has 0 atom stereocenters. The van der Waals surface area contributed by atoms with E-state index in [-0.39, 0.29) is 5.92 Å². The highest BCUT2D eigenvalue weighted by molar-refractivity contribution is 5.61. The molecule has 2 aromatic rings. The first kappa shape index (κ1) is 10.4. The van der Waals surface area contributed by atoms with E-state index in [4.69, 9.17) is 11.1 Å². The van der Waals surface area contributed by atoms with E-state index in [2.05, 4.69) is 15.0 Å². The Morgan fingerprint density at radius 2 is 2.19 bits per heavy atom. The Bertz CT molecular complexity index is 537. The third-order valence-corrected chi connectivity index (χ3v) is 2.18. The summed E-state index contributed by atoms with van der Waals surface area (Å²) in [6.07, 6.45) is 0. The van der Waals surface area contributed by atoms with Gasteiger partial charge in [0.2, 0.25) is 0 Å². The van der Waals surface area contributed by atoms with Gasteiger partial charge in [-0.2, -0.15) is 4.98 Å². The molecule has 0 aliphatic heterocycles. The lowest BCUT2D eigenvalue weighted by Crippen LogP contribution is -1.89. The van der Waals surface area contributed by atoms with E-state index in [1.807, 2.05) is 26.0 Å². The van der Waals surface area contributed by atoms with Crippen LogP contribution in [0.1, 0.15) is 25.6 Å². The molecule has 0 aliphatic carbocycles. The molecule has 0 fully saturated rings. The van der Waals surface area contributed by atoms with Gasteiger partial charge in [0.1, 0.15) is 0 Å². The smallest absolute Gasteiger partial charge is 0.256 e. The third-order valence-electron chi connectivity index (χ3n) is 2.18. The largest absolute Gasteiger partial charge is 0.334 e. The minimum Gasteiger partial charge on any atom is -0.334 e. The Morgan fingerprint density at radius 3 is 2.81 bits per heavy atom. The molecule has 0 aliphatic rings. The van der Waals surface area contributed by atoms with Crippen LogP contribution in [-0.2, 0) is 0 Å². The molecular weight excluding hydrogens is 202 g/mol. The van der Waals surface area contributed by atoms with E-state index in [9.17, 15) is 0 Å². The summed E-state index contributed by atoms with van der Waals surface area (Å²) in [5.41, 5.74) is 1.36. The molecule has 0 radical (unpaired) electrons. The van der Waals surface area contributed by atoms with Gasteiger partial charge in [-0.05, 0) is 6.07 Å². The molecule has 16 heavy (non-hydrogen) atoms. The number of hydrogen-bond acceptors (Lipinski definition) is 3. The molecule has 2 rings (SSSR count). The SMILES string of the molecule is [C-]#[N+]c1cccc(-c2nc(C(C)C)no2)c1. The molecule has 4 heteroatoms. The second kappa shape index (κ2) is 4.15. The van der Waals surface area contributed by atoms with Crippen LogP contribution in [0.4, 0.5) is 5.69 Å². The van der Waals surface area contributed by atoms with Gasteiger partial charge < -0.3 is 4.52 Å². The Labute approximate surface area is 93.7 Å². The quantitative estimate of drug-likeness (QED) is 0.718. The molecule has 0 saturated heterocycles. The predicted molar refractivity (Wildman–Crippen MR) is 60.1 cm³/mol. The van der Waals surface area contributed by atoms with Gasteiger partial charge in [0.25, 0.3) is 5.89 Å². The maximum Gasteiger partial charge on any atom is 0.256 e. The summed E-state index contributed by atoms with van der Waals surface area (Å²) in [6.45, 7) is 10.9. The highest BCUT2D eigenvalue weighted by atomic mass is 16.5. The maximum absolute atomic E-state index is 6.93. The van der Waals surface area contributed by atoms with Gasteiger partial charge in [0.05, 0.1) is 6.57 Å². The molecule has 1 heterocycles. The van der Waals surface area contributed by atoms with Crippen molar-refractivity contribution in [3.05, 3.63) is 41.5 Å². The first-order chi connectivity index (χ1) is 7.70. The average molecular weight is 213 g/mol. The molecular formula is C12H11N3O. The van der Waals surface area contributed by atoms with Crippen LogP contribution in [0.25, 0.3) is 16.3 Å². The molecule has 0 bridgehead atoms. The van der Waals surface area contributed by atoms with E-state index in [1.54, 1.807) is 12.1 Å². The average Bonchev–Trinajstić information content (AvgIpc) is 2.78. The molecule has 1 aromatic carbocycles. The molecule has 4 nitrogen and oxygen atoms in total. The van der Waals surface area contributed by atoms with Crippen molar-refractivity contribution < 1.29 is 4.52 Å². The van der Waals surface area contributed by atoms with Gasteiger partial charge in [-0.25, -0.2) is 4.85 Å². The van der Waals surface area contributed by atoms with Crippen molar-refractivity contribution in [2.75, 3.05) is 0 Å². The summed E-state index contributed by atoms with van der Waals surface area (Å²) in [4.78, 5) is 7.63. The minimum atomic E-state index is 0.238. The van der Waals surface area contributed by atoms with Crippen LogP contribution in [-0.4, -0.2) is 10.1 Å². The van der Waals surface area contributed by atoms with Gasteiger partial charge in [0.15, 0.2) is 11.5 Å². The first-order valence-electron chi connectivity index (χ1n) is 5.02. The number of nitrogens with zero attached hydrogens (tertiary/aromatic N) is 3. The molecule has 1 aromatic heterocycles. The van der Waals surface area contributed by atoms with Crippen molar-refractivity contribution in [1.29, 1.82) is 0 Å². The zero-order valence-electron chi connectivity index (χ0n) is 9.14. The summed E-state index contributed by atoms with van der Waals surface area (Å²) >= 11 is 0. The van der Waals surface area contributed by atoms with E-state index in [0.29, 0.717) is 17.4 Å². The summed E-state index contributed by atoms with van der Waals surface area (Å²) in [5.74, 6) is 1.39. The minimum absolute atomic E-state index is 0.238. The lowest BCUT2D eigenvalue weighted by molar-refractivity contribution is 0.419. The standard InChI is InChI=1S/C12H11N3O/c1-8(2)11-14-12(16-15-11)9-5-4-6-10(7-9)13-3/h4-8H,1-2H3. The molecule has 0 amide bonds. The van der Waals surface area contributed by atoms with Gasteiger partial charge >= 0.3 is 0 Å². The van der Waals surface area contributed by atoms with Gasteiger partial charge in [-0.1, -0.05) is 37.2 Å². The van der Waals surface area contributed by atoms with E-state index in [1.165, 1.54) is 0 Å². The fourth-order valence-corrected chi connectivity index (χ4v) is 1.30. The summed E-state index contributed by atoms with van der Waals surface area (Å²) in [7, 11) is 0. The van der Waals surface area contributed by atoms with Crippen LogP contribution in [0.15, 0.2) is 28.8 Å². The van der Waals surface area contributed by atoms with Crippen molar-refractivity contribution in [1.82, 2.24) is 10.1 Å². The first-order valence-corrected chi connectivity index (χ1v) is 5.02. The molecule has 0 N–H and O–H groups in total. The second-order valence-corrected chi connectivity index (χ2v) is 3.77. The van der Waals surface area contributed by atoms with Crippen LogP contribution >= 0.6 is 0 Å². The number of benzene rings is 1. The van der Waals surface area contributed by atoms with Crippen LogP contribution in [0, 0.1) is 6.57 Å². The zero-order valence-corrected chi connectivity index (χ0v) is 9.14. The van der Waals surface area contributed by atoms with Crippen molar-refractivity contribution in [3.8, 4) is 11.5 Å². The van der Waals surface area contributed by atoms with Crippen LogP contribution < -0.4 is 0 Å². The summed E-state index contributed by atoms with van der Waals surface area (Å²) in [5, 5.41) is 3.88. The molecule has 0 saturated carbocycles. The molecule has 0 unspecified atom stereocenters. The zero-order chi connectivity index (χ0) is 11.5. The summed E-state index contributed by atoms with van der Waals surface area (Å²) in [6, 6.07) is 7.15. The number of aromatic nitrogens is 2. The van der Waals surface area contributed by atoms with Crippen LogP contribution in [0.2, 0.25) is 0 Å². The highest BCUT2D eigenvalue weighted by Crippen LogP contribution is 2.23. The Kier molecular flexibility index (Phi) is 2.69. The maximum atomic E-state index is 6.93. The molecule has 0 spiro atoms. The van der Waals surface area contributed by atoms with Crippen molar-refractivity contribution >= 4 is 5.69 Å². The van der Waals surface area contributed by atoms with E-state index in [0.717, 1.165) is 5.56 Å². The summed E-state index contributed by atoms with van der Waals surface area (Å²) < 4.78 is 5.15. The predicted octanol–water partition coefficient (Wildman–Crippen LogP) is 3.41. The number of hydrogen-bond donors (Lipinski definition) is 0. The van der Waals surface area contributed by atoms with Crippen LogP contribution in [0.5, 0.6) is 0 Å². The topological polar surface area (TPSA) is 43.3 Å². The normalized spacial score (nSPS) is 10.4. The Hall–Kier alpha value is -2.15. The van der Waals surface area contributed by atoms with Crippen molar-refractivity contribution in [2.24, 2.45) is 0 Å². The van der Waals surface area contributed by atoms with E-state index >= 15 is 0 Å². The van der Waals surface area contributed by atoms with Crippen molar-refractivity contribution in [2.45, 2.75) is 19.8 Å². The number of rotatable bonds is 2. The van der Waals surface area contributed by atoms with Crippen molar-refractivity contribution in [3.63, 3.8) is 0 Å². The third kappa shape index (κ3) is 1.94. The molecule has 80 valence electrons. The van der Waals surface area contributed by atoms with Crippen LogP contribution in [0.3, 0.4) is 0 Å². The Balaban J connectivity index is 2.39. The lowest BCUT2D eigenvalue weighted by atomic mass is 10.2. The Morgan fingerprint density at radius 1 is 1.38 bits per heavy atom. The van der Waals surface area contributed by atoms with Gasteiger partial charge in [-0.3, -0.25) is 0 Å². The second-order valence-electron chi connectivity index (χ2n) is 3.77. The highest BCUT2D eigenvalue weighted by Gasteiger charge is 2.11.